The Morgan fingerprint density at radius 3 is 2.61 bits per heavy atom. The van der Waals surface area contributed by atoms with Gasteiger partial charge in [-0.2, -0.15) is 5.10 Å². The van der Waals surface area contributed by atoms with E-state index < -0.39 is 0 Å². The molecule has 0 spiro atoms. The maximum atomic E-state index is 13.0. The van der Waals surface area contributed by atoms with Crippen LogP contribution in [0.25, 0.3) is 0 Å². The zero-order chi connectivity index (χ0) is 21.5. The number of nitrogens with zero attached hydrogens (tertiary/aromatic N) is 2. The Hall–Kier alpha value is -3.58. The van der Waals surface area contributed by atoms with Gasteiger partial charge in [0.05, 0.1) is 7.11 Å². The van der Waals surface area contributed by atoms with Gasteiger partial charge in [-0.15, -0.1) is 0 Å². The second-order valence-corrected chi connectivity index (χ2v) is 7.84. The van der Waals surface area contributed by atoms with Gasteiger partial charge in [0.1, 0.15) is 12.1 Å². The molecule has 0 radical (unpaired) electrons. The highest BCUT2D eigenvalue weighted by atomic mass is 32.2. The van der Waals surface area contributed by atoms with E-state index in [1.54, 1.807) is 7.11 Å². The zero-order valence-electron chi connectivity index (χ0n) is 17.0. The number of H-pyrrole nitrogens is 1. The fraction of sp³-hybridized carbons (Fsp3) is 0.125. The van der Waals surface area contributed by atoms with E-state index in [0.29, 0.717) is 11.3 Å². The first-order valence-corrected chi connectivity index (χ1v) is 10.8. The van der Waals surface area contributed by atoms with Crippen LogP contribution in [-0.4, -0.2) is 28.2 Å². The predicted molar refractivity (Wildman–Crippen MR) is 123 cm³/mol. The lowest BCUT2D eigenvalue weighted by Gasteiger charge is -2.13. The van der Waals surface area contributed by atoms with Crippen LogP contribution in [0.1, 0.15) is 27.0 Å². The summed E-state index contributed by atoms with van der Waals surface area (Å²) in [6, 6.07) is 23.5. The van der Waals surface area contributed by atoms with Gasteiger partial charge >= 0.3 is 0 Å². The molecule has 0 aliphatic carbocycles. The molecule has 1 amide bonds. The monoisotopic (exact) mass is 430 g/mol. The summed E-state index contributed by atoms with van der Waals surface area (Å²) in [5, 5.41) is 10.4. The van der Waals surface area contributed by atoms with Crippen LogP contribution in [0.2, 0.25) is 0 Å². The molecule has 0 aliphatic rings. The summed E-state index contributed by atoms with van der Waals surface area (Å²) >= 11 is 1.50. The number of nitrogens with one attached hydrogen (secondary N) is 2. The summed E-state index contributed by atoms with van der Waals surface area (Å²) in [6.07, 6.45) is 2.19. The summed E-state index contributed by atoms with van der Waals surface area (Å²) in [7, 11) is 1.66. The molecule has 0 aliphatic heterocycles. The van der Waals surface area contributed by atoms with Crippen molar-refractivity contribution in [2.75, 3.05) is 12.4 Å². The van der Waals surface area contributed by atoms with Crippen LogP contribution in [0.15, 0.2) is 84.3 Å². The van der Waals surface area contributed by atoms with Crippen molar-refractivity contribution in [2.45, 2.75) is 17.3 Å². The van der Waals surface area contributed by atoms with Gasteiger partial charge in [0.25, 0.3) is 5.91 Å². The molecule has 0 unspecified atom stereocenters. The van der Waals surface area contributed by atoms with Gasteiger partial charge in [0, 0.05) is 29.0 Å². The molecule has 31 heavy (non-hydrogen) atoms. The maximum absolute atomic E-state index is 13.0. The van der Waals surface area contributed by atoms with Crippen LogP contribution in [0.3, 0.4) is 0 Å². The smallest absolute Gasteiger partial charge is 0.255 e. The number of rotatable bonds is 8. The predicted octanol–water partition coefficient (Wildman–Crippen LogP) is 4.95. The lowest BCUT2D eigenvalue weighted by atomic mass is 10.0. The second kappa shape index (κ2) is 9.95. The third-order valence-corrected chi connectivity index (χ3v) is 5.72. The van der Waals surface area contributed by atoms with Crippen LogP contribution in [0, 0.1) is 0 Å². The fourth-order valence-corrected chi connectivity index (χ4v) is 4.07. The van der Waals surface area contributed by atoms with E-state index in [1.165, 1.54) is 23.7 Å². The van der Waals surface area contributed by atoms with Gasteiger partial charge < -0.3 is 10.1 Å². The van der Waals surface area contributed by atoms with Gasteiger partial charge in [-0.05, 0) is 35.4 Å². The number of ether oxygens (including phenoxy) is 1. The average molecular weight is 431 g/mol. The summed E-state index contributed by atoms with van der Waals surface area (Å²) in [4.78, 5) is 17.2. The first-order valence-electron chi connectivity index (χ1n) is 9.81. The lowest BCUT2D eigenvalue weighted by molar-refractivity contribution is 0.102. The Morgan fingerprint density at radius 2 is 1.84 bits per heavy atom. The van der Waals surface area contributed by atoms with Gasteiger partial charge in [0.15, 0.2) is 5.16 Å². The molecule has 6 nitrogen and oxygen atoms in total. The van der Waals surface area contributed by atoms with E-state index >= 15 is 0 Å². The Morgan fingerprint density at radius 1 is 1.03 bits per heavy atom. The number of carbonyl (C=O) groups is 1. The highest BCUT2D eigenvalue weighted by Gasteiger charge is 2.13. The van der Waals surface area contributed by atoms with Crippen molar-refractivity contribution in [3.8, 4) is 5.75 Å². The van der Waals surface area contributed by atoms with Crippen molar-refractivity contribution in [3.05, 3.63) is 101 Å². The Bertz CT molecular complexity index is 1150. The van der Waals surface area contributed by atoms with E-state index in [2.05, 4.69) is 32.6 Å². The molecule has 3 aromatic carbocycles. The number of anilines is 1. The molecule has 0 bridgehead atoms. The van der Waals surface area contributed by atoms with Crippen LogP contribution in [0.5, 0.6) is 5.75 Å². The molecule has 2 N–H and O–H groups in total. The van der Waals surface area contributed by atoms with Crippen LogP contribution in [0.4, 0.5) is 5.69 Å². The molecule has 4 aromatic rings. The van der Waals surface area contributed by atoms with Gasteiger partial charge in [-0.25, -0.2) is 4.98 Å². The van der Waals surface area contributed by atoms with Gasteiger partial charge in [0.2, 0.25) is 0 Å². The van der Waals surface area contributed by atoms with Crippen molar-refractivity contribution < 1.29 is 9.53 Å². The Kier molecular flexibility index (Phi) is 6.64. The number of methoxy groups -OCH3 is 1. The van der Waals surface area contributed by atoms with Crippen molar-refractivity contribution >= 4 is 23.4 Å². The molecule has 0 saturated heterocycles. The van der Waals surface area contributed by atoms with Crippen molar-refractivity contribution in [1.29, 1.82) is 0 Å². The maximum Gasteiger partial charge on any atom is 0.255 e. The summed E-state index contributed by atoms with van der Waals surface area (Å²) in [5.74, 6) is 1.26. The fourth-order valence-electron chi connectivity index (χ4n) is 3.29. The van der Waals surface area contributed by atoms with Gasteiger partial charge in [-0.1, -0.05) is 60.3 Å². The zero-order valence-corrected chi connectivity index (χ0v) is 17.9. The molecule has 0 saturated carbocycles. The summed E-state index contributed by atoms with van der Waals surface area (Å²) < 4.78 is 5.52. The number of hydrogen-bond acceptors (Lipinski definition) is 5. The largest absolute Gasteiger partial charge is 0.496 e. The molecule has 0 fully saturated rings. The topological polar surface area (TPSA) is 79.9 Å². The third-order valence-electron chi connectivity index (χ3n) is 4.79. The van der Waals surface area contributed by atoms with E-state index in [0.717, 1.165) is 34.1 Å². The van der Waals surface area contributed by atoms with E-state index in [4.69, 9.17) is 4.74 Å². The normalized spacial score (nSPS) is 10.6. The number of carbonyl (C=O) groups excluding carboxylic acids is 1. The van der Waals surface area contributed by atoms with Gasteiger partial charge in [-0.3, -0.25) is 9.89 Å². The standard InChI is InChI=1S/C24H22N4O2S/c1-30-22-12-11-20(14-19(22)13-17-7-3-2-4-8-17)27-23(29)21-10-6-5-9-18(21)15-31-24-25-16-26-28-24/h2-12,14,16H,13,15H2,1H3,(H,27,29)(H,25,26,28). The number of aromatic nitrogens is 3. The summed E-state index contributed by atoms with van der Waals surface area (Å²) in [6.45, 7) is 0. The number of hydrogen-bond donors (Lipinski definition) is 2. The first kappa shape index (κ1) is 20.7. The molecule has 156 valence electrons. The number of thioether (sulfide) groups is 1. The van der Waals surface area contributed by atoms with Crippen LogP contribution in [-0.2, 0) is 12.2 Å². The highest BCUT2D eigenvalue weighted by Crippen LogP contribution is 2.26. The Labute approximate surface area is 185 Å². The molecular formula is C24H22N4O2S. The van der Waals surface area contributed by atoms with Crippen molar-refractivity contribution in [1.82, 2.24) is 15.2 Å². The van der Waals surface area contributed by atoms with Crippen molar-refractivity contribution in [3.63, 3.8) is 0 Å². The van der Waals surface area contributed by atoms with Crippen molar-refractivity contribution in [2.24, 2.45) is 0 Å². The number of benzene rings is 3. The molecule has 4 rings (SSSR count). The van der Waals surface area contributed by atoms with E-state index in [-0.39, 0.29) is 5.91 Å². The molecule has 0 atom stereocenters. The lowest BCUT2D eigenvalue weighted by Crippen LogP contribution is -2.14. The first-order chi connectivity index (χ1) is 15.2. The quantitative estimate of drug-likeness (QED) is 0.387. The minimum atomic E-state index is -0.149. The molecule has 7 heteroatoms. The third kappa shape index (κ3) is 5.32. The second-order valence-electron chi connectivity index (χ2n) is 6.88. The number of amides is 1. The summed E-state index contributed by atoms with van der Waals surface area (Å²) in [5.41, 5.74) is 4.49. The van der Waals surface area contributed by atoms with Crippen LogP contribution < -0.4 is 10.1 Å². The molecule has 1 heterocycles. The molecular weight excluding hydrogens is 408 g/mol. The Balaban J connectivity index is 1.51. The van der Waals surface area contributed by atoms with E-state index in [9.17, 15) is 4.79 Å². The highest BCUT2D eigenvalue weighted by molar-refractivity contribution is 7.98. The minimum absolute atomic E-state index is 0.149. The SMILES string of the molecule is COc1ccc(NC(=O)c2ccccc2CSc2ncn[nH]2)cc1Cc1ccccc1. The minimum Gasteiger partial charge on any atom is -0.496 e. The van der Waals surface area contributed by atoms with E-state index in [1.807, 2.05) is 60.7 Å². The molecule has 1 aromatic heterocycles. The average Bonchev–Trinajstić information content (AvgIpc) is 3.32. The number of aromatic amines is 1. The van der Waals surface area contributed by atoms with Crippen LogP contribution >= 0.6 is 11.8 Å².